The van der Waals surface area contributed by atoms with Gasteiger partial charge in [-0.15, -0.1) is 0 Å². The Kier molecular flexibility index (Phi) is 8.58. The van der Waals surface area contributed by atoms with E-state index in [9.17, 15) is 28.8 Å². The lowest BCUT2D eigenvalue weighted by molar-refractivity contribution is 0.0265. The first-order valence-corrected chi connectivity index (χ1v) is 17.1. The number of imide groups is 2. The summed E-state index contributed by atoms with van der Waals surface area (Å²) in [6.07, 6.45) is 2.40. The van der Waals surface area contributed by atoms with Crippen LogP contribution in [0.15, 0.2) is 36.4 Å². The van der Waals surface area contributed by atoms with E-state index in [0.29, 0.717) is 25.7 Å². The quantitative estimate of drug-likeness (QED) is 0.242. The molecule has 4 heterocycles. The van der Waals surface area contributed by atoms with Crippen molar-refractivity contribution in [1.82, 2.24) is 20.4 Å². The molecule has 2 aromatic carbocycles. The number of benzene rings is 2. The number of amides is 4. The van der Waals surface area contributed by atoms with Gasteiger partial charge < -0.3 is 20.1 Å². The van der Waals surface area contributed by atoms with Crippen LogP contribution in [-0.4, -0.2) is 92.8 Å². The molecule has 2 saturated heterocycles. The Morgan fingerprint density at radius 1 is 0.560 bits per heavy atom. The van der Waals surface area contributed by atoms with Crippen LogP contribution in [0.3, 0.4) is 0 Å². The average molecular weight is 687 g/mol. The molecule has 4 amide bonds. The second-order valence-electron chi connectivity index (χ2n) is 16.7. The third-order valence-corrected chi connectivity index (χ3v) is 9.92. The van der Waals surface area contributed by atoms with Gasteiger partial charge in [-0.25, -0.2) is 9.59 Å². The summed E-state index contributed by atoms with van der Waals surface area (Å²) >= 11 is 0. The van der Waals surface area contributed by atoms with Gasteiger partial charge in [-0.3, -0.25) is 29.0 Å². The summed E-state index contributed by atoms with van der Waals surface area (Å²) in [5, 5.41) is 7.12. The number of rotatable bonds is 7. The third kappa shape index (κ3) is 6.70. The van der Waals surface area contributed by atoms with E-state index >= 15 is 0 Å². The SMILES string of the molecule is CC1(C)CC(N2C(=O)c3ccc(C(=O)OCCOC(=O)c4ccc5c(c4)C(=O)N(C4CC(C)(C)NC(C)(C)C4)C5=O)cc3C2=O)CC(C)(C)N1. The highest BCUT2D eigenvalue weighted by molar-refractivity contribution is 6.23. The number of hydrogen-bond donors (Lipinski definition) is 2. The number of piperidine rings is 2. The maximum absolute atomic E-state index is 13.5. The minimum atomic E-state index is -0.738. The van der Waals surface area contributed by atoms with Crippen molar-refractivity contribution in [2.45, 2.75) is 115 Å². The third-order valence-electron chi connectivity index (χ3n) is 9.92. The highest BCUT2D eigenvalue weighted by Crippen LogP contribution is 2.37. The summed E-state index contributed by atoms with van der Waals surface area (Å²) in [6.45, 7) is 15.8. The van der Waals surface area contributed by atoms with E-state index in [4.69, 9.17) is 9.47 Å². The summed E-state index contributed by atoms with van der Waals surface area (Å²) in [5.41, 5.74) is -0.124. The number of nitrogens with zero attached hydrogens (tertiary/aromatic N) is 2. The topological polar surface area (TPSA) is 151 Å². The lowest BCUT2D eigenvalue weighted by Crippen LogP contribution is -2.62. The van der Waals surface area contributed by atoms with Crippen LogP contribution in [0.1, 0.15) is 143 Å². The Labute approximate surface area is 292 Å². The molecule has 4 aliphatic heterocycles. The van der Waals surface area contributed by atoms with E-state index in [0.717, 1.165) is 0 Å². The van der Waals surface area contributed by atoms with Gasteiger partial charge in [0.2, 0.25) is 0 Å². The monoisotopic (exact) mass is 686 g/mol. The van der Waals surface area contributed by atoms with E-state index in [1.54, 1.807) is 0 Å². The molecule has 266 valence electrons. The van der Waals surface area contributed by atoms with E-state index in [1.165, 1.54) is 46.2 Å². The molecule has 0 unspecified atom stereocenters. The second kappa shape index (κ2) is 12.1. The summed E-state index contributed by atoms with van der Waals surface area (Å²) < 4.78 is 10.6. The molecule has 12 heteroatoms. The predicted molar refractivity (Wildman–Crippen MR) is 183 cm³/mol. The van der Waals surface area contributed by atoms with Gasteiger partial charge in [-0.05, 0) is 117 Å². The van der Waals surface area contributed by atoms with Crippen LogP contribution < -0.4 is 10.6 Å². The number of hydrogen-bond acceptors (Lipinski definition) is 10. The van der Waals surface area contributed by atoms with Crippen molar-refractivity contribution in [2.24, 2.45) is 0 Å². The van der Waals surface area contributed by atoms with Gasteiger partial charge in [0, 0.05) is 34.2 Å². The number of carbonyl (C=O) groups is 6. The van der Waals surface area contributed by atoms with Crippen molar-refractivity contribution < 1.29 is 38.2 Å². The van der Waals surface area contributed by atoms with E-state index in [1.807, 2.05) is 55.4 Å². The van der Waals surface area contributed by atoms with Crippen LogP contribution in [0.25, 0.3) is 0 Å². The Balaban J connectivity index is 1.05. The number of nitrogens with one attached hydrogen (secondary N) is 2. The van der Waals surface area contributed by atoms with Gasteiger partial charge in [-0.2, -0.15) is 0 Å². The summed E-state index contributed by atoms with van der Waals surface area (Å²) in [6, 6.07) is 7.98. The number of carbonyl (C=O) groups excluding carboxylic acids is 6. The molecule has 2 fully saturated rings. The highest BCUT2D eigenvalue weighted by Gasteiger charge is 2.48. The number of fused-ring (bicyclic) bond motifs is 2. The van der Waals surface area contributed by atoms with E-state index in [-0.39, 0.29) is 92.6 Å². The predicted octanol–water partition coefficient (Wildman–Crippen LogP) is 4.51. The lowest BCUT2D eigenvalue weighted by atomic mass is 9.79. The highest BCUT2D eigenvalue weighted by atomic mass is 16.6. The van der Waals surface area contributed by atoms with Crippen LogP contribution >= 0.6 is 0 Å². The van der Waals surface area contributed by atoms with Gasteiger partial charge >= 0.3 is 11.9 Å². The molecule has 0 aliphatic carbocycles. The smallest absolute Gasteiger partial charge is 0.338 e. The number of ether oxygens (including phenoxy) is 2. The van der Waals surface area contributed by atoms with E-state index in [2.05, 4.69) is 10.6 Å². The van der Waals surface area contributed by atoms with Crippen molar-refractivity contribution in [3.05, 3.63) is 69.8 Å². The fourth-order valence-electron chi connectivity index (χ4n) is 8.77. The second-order valence-corrected chi connectivity index (χ2v) is 16.7. The van der Waals surface area contributed by atoms with Crippen molar-refractivity contribution in [3.63, 3.8) is 0 Å². The Hall–Kier alpha value is -4.42. The fourth-order valence-corrected chi connectivity index (χ4v) is 8.77. The van der Waals surface area contributed by atoms with Gasteiger partial charge in [0.25, 0.3) is 23.6 Å². The maximum Gasteiger partial charge on any atom is 0.338 e. The summed E-state index contributed by atoms with van der Waals surface area (Å²) in [7, 11) is 0. The largest absolute Gasteiger partial charge is 0.458 e. The maximum atomic E-state index is 13.5. The zero-order valence-corrected chi connectivity index (χ0v) is 30.0. The Bertz CT molecular complexity index is 1660. The molecule has 0 bridgehead atoms. The zero-order valence-electron chi connectivity index (χ0n) is 30.0. The molecule has 0 aromatic heterocycles. The molecular weight excluding hydrogens is 640 g/mol. The van der Waals surface area contributed by atoms with Crippen LogP contribution in [0, 0.1) is 0 Å². The first-order valence-electron chi connectivity index (χ1n) is 17.1. The molecule has 2 N–H and O–H groups in total. The molecule has 2 aromatic rings. The zero-order chi connectivity index (χ0) is 36.6. The van der Waals surface area contributed by atoms with Crippen molar-refractivity contribution in [1.29, 1.82) is 0 Å². The van der Waals surface area contributed by atoms with Crippen LogP contribution in [0.4, 0.5) is 0 Å². The Morgan fingerprint density at radius 3 is 1.18 bits per heavy atom. The van der Waals surface area contributed by atoms with E-state index < -0.39 is 23.8 Å². The van der Waals surface area contributed by atoms with Crippen molar-refractivity contribution >= 4 is 35.6 Å². The molecule has 4 aliphatic rings. The minimum absolute atomic E-state index is 0.0934. The van der Waals surface area contributed by atoms with Crippen molar-refractivity contribution in [3.8, 4) is 0 Å². The molecule has 50 heavy (non-hydrogen) atoms. The van der Waals surface area contributed by atoms with Gasteiger partial charge in [0.1, 0.15) is 13.2 Å². The lowest BCUT2D eigenvalue weighted by Gasteiger charge is -2.48. The standard InChI is InChI=1S/C38H46N4O8/c1-35(2)17-23(18-36(3,4)39-35)41-29(43)25-11-9-21(15-27(25)31(41)45)33(47)49-13-14-50-34(48)22-10-12-26-28(16-22)32(46)42(30(26)44)24-19-37(5,6)40-38(7,8)20-24/h9-12,15-16,23-24,39-40H,13-14,17-20H2,1-8H3. The first kappa shape index (κ1) is 35.4. The fraction of sp³-hybridized carbons (Fsp3) is 0.526. The van der Waals surface area contributed by atoms with Gasteiger partial charge in [-0.1, -0.05) is 0 Å². The molecule has 0 spiro atoms. The molecular formula is C38H46N4O8. The molecule has 0 saturated carbocycles. The minimum Gasteiger partial charge on any atom is -0.458 e. The van der Waals surface area contributed by atoms with Gasteiger partial charge in [0.15, 0.2) is 0 Å². The molecule has 0 radical (unpaired) electrons. The first-order chi connectivity index (χ1) is 23.2. The average Bonchev–Trinajstić information content (AvgIpc) is 3.39. The van der Waals surface area contributed by atoms with Gasteiger partial charge in [0.05, 0.1) is 33.4 Å². The molecule has 12 nitrogen and oxygen atoms in total. The normalized spacial score (nSPS) is 22.4. The van der Waals surface area contributed by atoms with Crippen LogP contribution in [-0.2, 0) is 9.47 Å². The van der Waals surface area contributed by atoms with Crippen molar-refractivity contribution in [2.75, 3.05) is 13.2 Å². The Morgan fingerprint density at radius 2 is 0.860 bits per heavy atom. The van der Waals surface area contributed by atoms with Crippen LogP contribution in [0.5, 0.6) is 0 Å². The number of esters is 2. The summed E-state index contributed by atoms with van der Waals surface area (Å²) in [5.74, 6) is -3.10. The molecule has 6 rings (SSSR count). The van der Waals surface area contributed by atoms with Crippen LogP contribution in [0.2, 0.25) is 0 Å². The molecule has 0 atom stereocenters. The summed E-state index contributed by atoms with van der Waals surface area (Å²) in [4.78, 5) is 81.9.